The highest BCUT2D eigenvalue weighted by molar-refractivity contribution is 5.94. The lowest BCUT2D eigenvalue weighted by atomic mass is 10.0. The van der Waals surface area contributed by atoms with Crippen LogP contribution in [0, 0.1) is 11.3 Å². The van der Waals surface area contributed by atoms with E-state index in [1.165, 1.54) is 23.5 Å². The maximum absolute atomic E-state index is 12.8. The summed E-state index contributed by atoms with van der Waals surface area (Å²) in [4.78, 5) is 0. The second kappa shape index (κ2) is 6.71. The minimum absolute atomic E-state index is 0.159. The number of H-pyrrole nitrogens is 1. The molecule has 0 spiro atoms. The van der Waals surface area contributed by atoms with Crippen molar-refractivity contribution < 1.29 is 8.78 Å². The first-order valence-corrected chi connectivity index (χ1v) is 9.22. The van der Waals surface area contributed by atoms with Gasteiger partial charge in [0.05, 0.1) is 29.4 Å². The van der Waals surface area contributed by atoms with Crippen LogP contribution in [-0.2, 0) is 6.42 Å². The number of nitrogens with one attached hydrogen (secondary N) is 2. The van der Waals surface area contributed by atoms with Crippen molar-refractivity contribution in [3.05, 3.63) is 65.5 Å². The van der Waals surface area contributed by atoms with E-state index in [9.17, 15) is 8.78 Å². The Hall–Kier alpha value is -3.73. The molecule has 0 radical (unpaired) electrons. The first-order chi connectivity index (χ1) is 14.1. The molecule has 0 unspecified atom stereocenters. The van der Waals surface area contributed by atoms with Crippen LogP contribution in [0.5, 0.6) is 0 Å². The fraction of sp³-hybridized carbons (Fsp3) is 0.190. The quantitative estimate of drug-likeness (QED) is 0.525. The lowest BCUT2D eigenvalue weighted by molar-refractivity contribution is 0.0566. The van der Waals surface area contributed by atoms with Gasteiger partial charge in [0.15, 0.2) is 0 Å². The third-order valence-corrected chi connectivity index (χ3v) is 5.33. The van der Waals surface area contributed by atoms with Crippen LogP contribution >= 0.6 is 0 Å². The SMILES string of the molecule is N#Cc1ccc2c(c1)CC[C@H]2Nc1ccc2[nH]nc(-c3cnn(C(F)F)c3)c2c1. The van der Waals surface area contributed by atoms with E-state index in [2.05, 4.69) is 26.7 Å². The number of nitrogens with zero attached hydrogens (tertiary/aromatic N) is 4. The molecule has 0 amide bonds. The van der Waals surface area contributed by atoms with Gasteiger partial charge in [-0.2, -0.15) is 24.2 Å². The van der Waals surface area contributed by atoms with Crippen LogP contribution in [0.25, 0.3) is 22.2 Å². The zero-order valence-corrected chi connectivity index (χ0v) is 15.2. The number of rotatable bonds is 4. The molecule has 2 heterocycles. The van der Waals surface area contributed by atoms with E-state index >= 15 is 0 Å². The number of benzene rings is 2. The molecular formula is C21H16F2N6. The van der Waals surface area contributed by atoms with E-state index in [4.69, 9.17) is 5.26 Å². The molecule has 1 atom stereocenters. The topological polar surface area (TPSA) is 82.3 Å². The zero-order valence-electron chi connectivity index (χ0n) is 15.2. The van der Waals surface area contributed by atoms with Crippen molar-refractivity contribution in [1.29, 1.82) is 5.26 Å². The average molecular weight is 390 g/mol. The van der Waals surface area contributed by atoms with Gasteiger partial charge in [0.1, 0.15) is 5.69 Å². The van der Waals surface area contributed by atoms with Crippen molar-refractivity contribution in [1.82, 2.24) is 20.0 Å². The highest BCUT2D eigenvalue weighted by atomic mass is 19.3. The van der Waals surface area contributed by atoms with Gasteiger partial charge in [0.2, 0.25) is 0 Å². The van der Waals surface area contributed by atoms with Gasteiger partial charge >= 0.3 is 6.55 Å². The lowest BCUT2D eigenvalue weighted by Crippen LogP contribution is -2.06. The molecule has 29 heavy (non-hydrogen) atoms. The number of halogens is 2. The van der Waals surface area contributed by atoms with Crippen molar-refractivity contribution in [2.75, 3.05) is 5.32 Å². The number of aromatic nitrogens is 4. The molecule has 0 saturated heterocycles. The van der Waals surface area contributed by atoms with Crippen LogP contribution in [0.2, 0.25) is 0 Å². The molecule has 0 aliphatic heterocycles. The molecule has 1 aliphatic carbocycles. The van der Waals surface area contributed by atoms with E-state index in [1.54, 1.807) is 0 Å². The average Bonchev–Trinajstić information content (AvgIpc) is 3.45. The van der Waals surface area contributed by atoms with Gasteiger partial charge in [-0.25, -0.2) is 4.68 Å². The van der Waals surface area contributed by atoms with Crippen molar-refractivity contribution >= 4 is 16.6 Å². The molecule has 8 heteroatoms. The highest BCUT2D eigenvalue weighted by Crippen LogP contribution is 2.36. The number of aryl methyl sites for hydroxylation is 1. The number of aromatic amines is 1. The van der Waals surface area contributed by atoms with Crippen LogP contribution in [0.1, 0.15) is 35.7 Å². The van der Waals surface area contributed by atoms with Crippen molar-refractivity contribution in [3.63, 3.8) is 0 Å². The van der Waals surface area contributed by atoms with Crippen LogP contribution in [0.4, 0.5) is 14.5 Å². The molecule has 2 aromatic carbocycles. The molecule has 2 aromatic heterocycles. The van der Waals surface area contributed by atoms with E-state index in [0.717, 1.165) is 29.4 Å². The predicted octanol–water partition coefficient (Wildman–Crippen LogP) is 4.79. The Morgan fingerprint density at radius 3 is 2.93 bits per heavy atom. The molecule has 1 aliphatic rings. The number of fused-ring (bicyclic) bond motifs is 2. The molecular weight excluding hydrogens is 374 g/mol. The maximum atomic E-state index is 12.8. The molecule has 2 N–H and O–H groups in total. The molecule has 0 saturated carbocycles. The van der Waals surface area contributed by atoms with E-state index in [1.807, 2.05) is 36.4 Å². The molecule has 6 nitrogen and oxygen atoms in total. The third kappa shape index (κ3) is 3.01. The van der Waals surface area contributed by atoms with Crippen LogP contribution in [0.3, 0.4) is 0 Å². The Labute approximate surface area is 164 Å². The second-order valence-corrected chi connectivity index (χ2v) is 7.08. The fourth-order valence-electron chi connectivity index (χ4n) is 3.93. The summed E-state index contributed by atoms with van der Waals surface area (Å²) >= 11 is 0. The van der Waals surface area contributed by atoms with E-state index in [0.29, 0.717) is 21.5 Å². The van der Waals surface area contributed by atoms with Crippen LogP contribution in [-0.4, -0.2) is 20.0 Å². The predicted molar refractivity (Wildman–Crippen MR) is 104 cm³/mol. The Bertz CT molecular complexity index is 1250. The smallest absolute Gasteiger partial charge is 0.333 e. The highest BCUT2D eigenvalue weighted by Gasteiger charge is 2.23. The van der Waals surface area contributed by atoms with Gasteiger partial charge in [-0.15, -0.1) is 0 Å². The summed E-state index contributed by atoms with van der Waals surface area (Å²) in [6, 6.07) is 14.0. The Balaban J connectivity index is 1.46. The van der Waals surface area contributed by atoms with Crippen LogP contribution in [0.15, 0.2) is 48.8 Å². The van der Waals surface area contributed by atoms with E-state index < -0.39 is 6.55 Å². The number of hydrogen-bond donors (Lipinski definition) is 2. The largest absolute Gasteiger partial charge is 0.378 e. The van der Waals surface area contributed by atoms with Crippen molar-refractivity contribution in [2.45, 2.75) is 25.4 Å². The summed E-state index contributed by atoms with van der Waals surface area (Å²) in [5.74, 6) is 0. The van der Waals surface area contributed by atoms with Gasteiger partial charge in [0.25, 0.3) is 0 Å². The lowest BCUT2D eigenvalue weighted by Gasteiger charge is -2.16. The Morgan fingerprint density at radius 1 is 1.24 bits per heavy atom. The standard InChI is InChI=1S/C21H16F2N6/c22-21(23)29-11-14(10-25-29)20-17-8-15(3-6-19(17)27-28-20)26-18-5-2-13-7-12(9-24)1-4-16(13)18/h1,3-4,6-8,10-11,18,21,26H,2,5H2,(H,27,28)/t18-/m1/s1. The monoisotopic (exact) mass is 390 g/mol. The summed E-state index contributed by atoms with van der Waals surface area (Å²) in [5, 5.41) is 24.4. The first-order valence-electron chi connectivity index (χ1n) is 9.22. The van der Waals surface area contributed by atoms with Crippen molar-refractivity contribution in [2.24, 2.45) is 0 Å². The second-order valence-electron chi connectivity index (χ2n) is 7.08. The minimum atomic E-state index is -2.69. The summed E-state index contributed by atoms with van der Waals surface area (Å²) < 4.78 is 26.3. The third-order valence-electron chi connectivity index (χ3n) is 5.33. The minimum Gasteiger partial charge on any atom is -0.378 e. The van der Waals surface area contributed by atoms with Gasteiger partial charge < -0.3 is 5.32 Å². The zero-order chi connectivity index (χ0) is 20.0. The normalized spacial score (nSPS) is 15.6. The molecule has 0 bridgehead atoms. The molecule has 4 aromatic rings. The summed E-state index contributed by atoms with van der Waals surface area (Å²) in [6.45, 7) is -2.69. The number of alkyl halides is 2. The Morgan fingerprint density at radius 2 is 2.14 bits per heavy atom. The maximum Gasteiger partial charge on any atom is 0.333 e. The van der Waals surface area contributed by atoms with Gasteiger partial charge in [-0.1, -0.05) is 6.07 Å². The number of nitriles is 1. The number of hydrogen-bond acceptors (Lipinski definition) is 4. The molecule has 144 valence electrons. The first kappa shape index (κ1) is 17.4. The Kier molecular flexibility index (Phi) is 4.02. The van der Waals surface area contributed by atoms with Crippen LogP contribution < -0.4 is 5.32 Å². The van der Waals surface area contributed by atoms with Gasteiger partial charge in [-0.3, -0.25) is 5.10 Å². The van der Waals surface area contributed by atoms with E-state index in [-0.39, 0.29) is 6.04 Å². The number of anilines is 1. The summed E-state index contributed by atoms with van der Waals surface area (Å²) in [7, 11) is 0. The molecule has 0 fully saturated rings. The van der Waals surface area contributed by atoms with Gasteiger partial charge in [0, 0.05) is 22.8 Å². The van der Waals surface area contributed by atoms with Gasteiger partial charge in [-0.05, 0) is 54.3 Å². The van der Waals surface area contributed by atoms with Crippen molar-refractivity contribution in [3.8, 4) is 17.3 Å². The molecule has 5 rings (SSSR count). The summed E-state index contributed by atoms with van der Waals surface area (Å²) in [5.41, 5.74) is 5.94. The summed E-state index contributed by atoms with van der Waals surface area (Å²) in [6.07, 6.45) is 4.55. The fourth-order valence-corrected chi connectivity index (χ4v) is 3.93.